The van der Waals surface area contributed by atoms with E-state index in [0.717, 1.165) is 33.6 Å². The Hall–Kier alpha value is -2.53. The molecule has 4 nitrogen and oxygen atoms in total. The highest BCUT2D eigenvalue weighted by atomic mass is 32.2. The SMILES string of the molecule is CC1=CC(C)(C)N2C(=O)[C@@]3(SCC(=O)N3c3ccc(C)c(C)c3)c3cc(C)cc1c32. The Labute approximate surface area is 181 Å². The molecule has 30 heavy (non-hydrogen) atoms. The summed E-state index contributed by atoms with van der Waals surface area (Å²) in [5.74, 6) is 0.253. The van der Waals surface area contributed by atoms with Crippen LogP contribution in [-0.4, -0.2) is 23.1 Å². The number of aryl methyl sites for hydroxylation is 3. The van der Waals surface area contributed by atoms with Gasteiger partial charge in [-0.05, 0) is 82.0 Å². The number of amides is 2. The number of hydrogen-bond donors (Lipinski definition) is 0. The summed E-state index contributed by atoms with van der Waals surface area (Å²) < 4.78 is 0. The maximum Gasteiger partial charge on any atom is 0.269 e. The van der Waals surface area contributed by atoms with Crippen LogP contribution in [0.3, 0.4) is 0 Å². The molecule has 1 saturated heterocycles. The first kappa shape index (κ1) is 19.4. The smallest absolute Gasteiger partial charge is 0.269 e. The summed E-state index contributed by atoms with van der Waals surface area (Å²) in [5, 5.41) is 0. The Balaban J connectivity index is 1.82. The molecule has 0 saturated carbocycles. The van der Waals surface area contributed by atoms with Gasteiger partial charge in [0.2, 0.25) is 10.8 Å². The highest BCUT2D eigenvalue weighted by molar-refractivity contribution is 8.02. The van der Waals surface area contributed by atoms with Crippen molar-refractivity contribution in [3.8, 4) is 0 Å². The molecule has 1 spiro atoms. The molecule has 0 aromatic heterocycles. The molecular weight excluding hydrogens is 392 g/mol. The van der Waals surface area contributed by atoms with Crippen LogP contribution in [0.1, 0.15) is 48.6 Å². The van der Waals surface area contributed by atoms with Gasteiger partial charge in [0.25, 0.3) is 5.91 Å². The number of fused-ring (bicyclic) bond motifs is 1. The van der Waals surface area contributed by atoms with Gasteiger partial charge in [0.15, 0.2) is 0 Å². The minimum atomic E-state index is -1.05. The lowest BCUT2D eigenvalue weighted by Crippen LogP contribution is -2.54. The zero-order valence-corrected chi connectivity index (χ0v) is 19.1. The summed E-state index contributed by atoms with van der Waals surface area (Å²) in [5.41, 5.74) is 7.89. The number of rotatable bonds is 1. The van der Waals surface area contributed by atoms with Crippen LogP contribution in [-0.2, 0) is 14.5 Å². The topological polar surface area (TPSA) is 40.6 Å². The van der Waals surface area contributed by atoms with Gasteiger partial charge in [-0.3, -0.25) is 19.4 Å². The summed E-state index contributed by atoms with van der Waals surface area (Å²) in [4.78, 5) is 30.0. The summed E-state index contributed by atoms with van der Waals surface area (Å²) in [6.07, 6.45) is 2.16. The Bertz CT molecular complexity index is 1180. The lowest BCUT2D eigenvalue weighted by Gasteiger charge is -2.40. The van der Waals surface area contributed by atoms with Gasteiger partial charge in [-0.1, -0.05) is 18.2 Å². The normalized spacial score (nSPS) is 24.0. The van der Waals surface area contributed by atoms with Crippen molar-refractivity contribution in [1.29, 1.82) is 0 Å². The van der Waals surface area contributed by atoms with Crippen LogP contribution in [0.5, 0.6) is 0 Å². The Morgan fingerprint density at radius 3 is 2.37 bits per heavy atom. The standard InChI is InChI=1S/C25H26N2O2S/c1-14-9-19-17(4)12-24(5,6)27-22(19)20(10-14)25(23(27)29)26(21(28)13-30-25)18-8-7-15(2)16(3)11-18/h7-12H,13H2,1-6H3/t25-/m0/s1. The third kappa shape index (κ3) is 2.30. The number of anilines is 2. The number of allylic oxidation sites excluding steroid dienone is 1. The van der Waals surface area contributed by atoms with Gasteiger partial charge in [0, 0.05) is 16.8 Å². The number of carbonyl (C=O) groups excluding carboxylic acids is 2. The maximum atomic E-state index is 14.2. The summed E-state index contributed by atoms with van der Waals surface area (Å²) >= 11 is 1.45. The van der Waals surface area contributed by atoms with Gasteiger partial charge in [-0.2, -0.15) is 0 Å². The minimum absolute atomic E-state index is 0.0193. The summed E-state index contributed by atoms with van der Waals surface area (Å²) in [6.45, 7) is 12.4. The van der Waals surface area contributed by atoms with Gasteiger partial charge >= 0.3 is 0 Å². The predicted octanol–water partition coefficient (Wildman–Crippen LogP) is 5.09. The fourth-order valence-electron chi connectivity index (χ4n) is 5.19. The van der Waals surface area contributed by atoms with Gasteiger partial charge in [0.05, 0.1) is 17.0 Å². The zero-order valence-electron chi connectivity index (χ0n) is 18.3. The molecule has 1 atom stereocenters. The Kier molecular flexibility index (Phi) is 3.89. The van der Waals surface area contributed by atoms with Crippen LogP contribution in [0.25, 0.3) is 5.57 Å². The number of benzene rings is 2. The molecule has 0 N–H and O–H groups in total. The van der Waals surface area contributed by atoms with Gasteiger partial charge < -0.3 is 0 Å². The zero-order chi connectivity index (χ0) is 21.6. The summed E-state index contributed by atoms with van der Waals surface area (Å²) in [7, 11) is 0. The highest BCUT2D eigenvalue weighted by Crippen LogP contribution is 2.60. The first-order chi connectivity index (χ1) is 14.1. The minimum Gasteiger partial charge on any atom is -0.299 e. The van der Waals surface area contributed by atoms with Crippen LogP contribution >= 0.6 is 11.8 Å². The first-order valence-electron chi connectivity index (χ1n) is 10.3. The molecule has 2 aromatic rings. The van der Waals surface area contributed by atoms with E-state index in [-0.39, 0.29) is 11.8 Å². The summed E-state index contributed by atoms with van der Waals surface area (Å²) in [6, 6.07) is 10.3. The molecule has 154 valence electrons. The third-order valence-corrected chi connectivity index (χ3v) is 8.01. The van der Waals surface area contributed by atoms with Crippen molar-refractivity contribution in [2.75, 3.05) is 15.6 Å². The first-order valence-corrected chi connectivity index (χ1v) is 11.3. The molecule has 3 heterocycles. The number of carbonyl (C=O) groups is 2. The molecule has 3 aliphatic heterocycles. The van der Waals surface area contributed by atoms with Crippen molar-refractivity contribution in [3.05, 3.63) is 64.2 Å². The molecule has 1 fully saturated rings. The van der Waals surface area contributed by atoms with Crippen LogP contribution in [0.2, 0.25) is 0 Å². The third-order valence-electron chi connectivity index (χ3n) is 6.62. The van der Waals surface area contributed by atoms with E-state index in [0.29, 0.717) is 5.75 Å². The van der Waals surface area contributed by atoms with E-state index in [1.54, 1.807) is 4.90 Å². The van der Waals surface area contributed by atoms with Gasteiger partial charge in [-0.25, -0.2) is 0 Å². The van der Waals surface area contributed by atoms with Crippen molar-refractivity contribution in [3.63, 3.8) is 0 Å². The van der Waals surface area contributed by atoms with Crippen LogP contribution < -0.4 is 9.80 Å². The second-order valence-corrected chi connectivity index (χ2v) is 10.4. The highest BCUT2D eigenvalue weighted by Gasteiger charge is 2.64. The van der Waals surface area contributed by atoms with Crippen LogP contribution in [0, 0.1) is 20.8 Å². The Morgan fingerprint density at radius 1 is 0.933 bits per heavy atom. The van der Waals surface area contributed by atoms with E-state index in [1.165, 1.54) is 22.9 Å². The average Bonchev–Trinajstić information content (AvgIpc) is 3.13. The molecule has 5 heteroatoms. The molecule has 2 amide bonds. The molecule has 0 radical (unpaired) electrons. The maximum absolute atomic E-state index is 14.2. The molecule has 0 aliphatic carbocycles. The second-order valence-electron chi connectivity index (χ2n) is 9.26. The average molecular weight is 419 g/mol. The lowest BCUT2D eigenvalue weighted by atomic mass is 9.88. The van der Waals surface area contributed by atoms with E-state index in [9.17, 15) is 9.59 Å². The molecule has 2 aromatic carbocycles. The molecule has 0 bridgehead atoms. The van der Waals surface area contributed by atoms with Crippen molar-refractivity contribution in [2.45, 2.75) is 52.0 Å². The number of hydrogen-bond acceptors (Lipinski definition) is 3. The van der Waals surface area contributed by atoms with E-state index < -0.39 is 10.4 Å². The van der Waals surface area contributed by atoms with Crippen molar-refractivity contribution in [1.82, 2.24) is 0 Å². The largest absolute Gasteiger partial charge is 0.299 e. The van der Waals surface area contributed by atoms with Crippen molar-refractivity contribution >= 4 is 40.5 Å². The van der Waals surface area contributed by atoms with E-state index >= 15 is 0 Å². The van der Waals surface area contributed by atoms with Crippen LogP contribution in [0.15, 0.2) is 36.4 Å². The van der Waals surface area contributed by atoms with E-state index in [4.69, 9.17) is 0 Å². The number of thioether (sulfide) groups is 1. The fraction of sp³-hybridized carbons (Fsp3) is 0.360. The second kappa shape index (κ2) is 6.01. The lowest BCUT2D eigenvalue weighted by molar-refractivity contribution is -0.124. The quantitative estimate of drug-likeness (QED) is 0.648. The molecule has 5 rings (SSSR count). The number of nitrogens with zero attached hydrogens (tertiary/aromatic N) is 2. The molecular formula is C25H26N2O2S. The molecule has 3 aliphatic rings. The van der Waals surface area contributed by atoms with Crippen LogP contribution in [0.4, 0.5) is 11.4 Å². The van der Waals surface area contributed by atoms with Crippen molar-refractivity contribution < 1.29 is 9.59 Å². The van der Waals surface area contributed by atoms with E-state index in [1.807, 2.05) is 30.0 Å². The van der Waals surface area contributed by atoms with Gasteiger partial charge in [0.1, 0.15) is 0 Å². The van der Waals surface area contributed by atoms with Gasteiger partial charge in [-0.15, -0.1) is 11.8 Å². The van der Waals surface area contributed by atoms with Crippen molar-refractivity contribution in [2.24, 2.45) is 0 Å². The fourth-order valence-corrected chi connectivity index (χ4v) is 6.51. The monoisotopic (exact) mass is 418 g/mol. The van der Waals surface area contributed by atoms with E-state index in [2.05, 4.69) is 52.8 Å². The predicted molar refractivity (Wildman–Crippen MR) is 124 cm³/mol. The Morgan fingerprint density at radius 2 is 1.67 bits per heavy atom. The molecule has 0 unspecified atom stereocenters.